The predicted molar refractivity (Wildman–Crippen MR) is 74.4 cm³/mol. The Labute approximate surface area is 107 Å². The zero-order valence-electron chi connectivity index (χ0n) is 12.3. The second-order valence-electron chi connectivity index (χ2n) is 5.01. The molecule has 0 aromatic carbocycles. The van der Waals surface area contributed by atoms with Gasteiger partial charge in [-0.3, -0.25) is 4.90 Å². The summed E-state index contributed by atoms with van der Waals surface area (Å²) >= 11 is 0. The van der Waals surface area contributed by atoms with Gasteiger partial charge in [0.15, 0.2) is 0 Å². The molecule has 0 fully saturated rings. The van der Waals surface area contributed by atoms with Crippen LogP contribution < -0.4 is 5.73 Å². The largest absolute Gasteiger partial charge is 0.383 e. The highest BCUT2D eigenvalue weighted by Crippen LogP contribution is 2.19. The molecule has 2 N–H and O–H groups in total. The van der Waals surface area contributed by atoms with E-state index in [9.17, 15) is 0 Å². The van der Waals surface area contributed by atoms with E-state index in [4.69, 9.17) is 10.5 Å². The summed E-state index contributed by atoms with van der Waals surface area (Å²) in [4.78, 5) is 4.71. The minimum Gasteiger partial charge on any atom is -0.383 e. The molecule has 0 saturated heterocycles. The first kappa shape index (κ1) is 16.8. The fraction of sp³-hybridized carbons (Fsp3) is 1.00. The van der Waals surface area contributed by atoms with Gasteiger partial charge in [-0.1, -0.05) is 13.8 Å². The highest BCUT2D eigenvalue weighted by Gasteiger charge is 2.33. The van der Waals surface area contributed by atoms with Crippen LogP contribution >= 0.6 is 0 Å². The van der Waals surface area contributed by atoms with Crippen molar-refractivity contribution in [3.05, 3.63) is 0 Å². The lowest BCUT2D eigenvalue weighted by molar-refractivity contribution is 0.00855. The molecule has 0 aromatic heterocycles. The molecule has 1 unspecified atom stereocenters. The Morgan fingerprint density at radius 3 is 2.12 bits per heavy atom. The minimum atomic E-state index is 0.000764. The molecule has 0 heterocycles. The van der Waals surface area contributed by atoms with Gasteiger partial charge in [-0.2, -0.15) is 0 Å². The van der Waals surface area contributed by atoms with E-state index in [2.05, 4.69) is 37.7 Å². The molecule has 0 bridgehead atoms. The van der Waals surface area contributed by atoms with E-state index in [-0.39, 0.29) is 5.54 Å². The Kier molecular flexibility index (Phi) is 8.78. The summed E-state index contributed by atoms with van der Waals surface area (Å²) in [6.07, 6.45) is 2.18. The van der Waals surface area contributed by atoms with E-state index < -0.39 is 0 Å². The summed E-state index contributed by atoms with van der Waals surface area (Å²) in [5.74, 6) is 0. The van der Waals surface area contributed by atoms with Crippen LogP contribution in [0.2, 0.25) is 0 Å². The third-order valence-electron chi connectivity index (χ3n) is 3.43. The summed E-state index contributed by atoms with van der Waals surface area (Å²) in [5.41, 5.74) is 6.01. The summed E-state index contributed by atoms with van der Waals surface area (Å²) < 4.78 is 5.39. The van der Waals surface area contributed by atoms with Crippen LogP contribution in [0.25, 0.3) is 0 Å². The number of nitrogens with zero attached hydrogens (tertiary/aromatic N) is 2. The van der Waals surface area contributed by atoms with Crippen molar-refractivity contribution in [2.75, 3.05) is 54.0 Å². The number of likely N-dealkylation sites (N-methyl/N-ethyl adjacent to an activating group) is 1. The van der Waals surface area contributed by atoms with E-state index in [1.54, 1.807) is 7.11 Å². The fourth-order valence-electron chi connectivity index (χ4n) is 2.19. The number of hydrogen-bond donors (Lipinski definition) is 1. The Morgan fingerprint density at radius 1 is 1.12 bits per heavy atom. The van der Waals surface area contributed by atoms with Crippen LogP contribution in [0.3, 0.4) is 0 Å². The van der Waals surface area contributed by atoms with Gasteiger partial charge < -0.3 is 15.4 Å². The molecular weight excluding hydrogens is 214 g/mol. The first-order valence-corrected chi connectivity index (χ1v) is 6.65. The number of methoxy groups -OCH3 is 1. The van der Waals surface area contributed by atoms with E-state index >= 15 is 0 Å². The van der Waals surface area contributed by atoms with Crippen LogP contribution in [0.5, 0.6) is 0 Å². The molecule has 4 nitrogen and oxygen atoms in total. The maximum atomic E-state index is 6.01. The van der Waals surface area contributed by atoms with Crippen molar-refractivity contribution in [3.8, 4) is 0 Å². The quantitative estimate of drug-likeness (QED) is 0.624. The van der Waals surface area contributed by atoms with Gasteiger partial charge in [-0.25, -0.2) is 0 Å². The normalized spacial score (nSPS) is 15.5. The topological polar surface area (TPSA) is 41.7 Å². The predicted octanol–water partition coefficient (Wildman–Crippen LogP) is 1.01. The summed E-state index contributed by atoms with van der Waals surface area (Å²) in [6, 6.07) is 0. The lowest BCUT2D eigenvalue weighted by atomic mass is 9.94. The zero-order chi connectivity index (χ0) is 13.3. The monoisotopic (exact) mass is 245 g/mol. The molecule has 0 saturated carbocycles. The molecule has 1 atom stereocenters. The van der Waals surface area contributed by atoms with Gasteiger partial charge in [0.25, 0.3) is 0 Å². The smallest absolute Gasteiger partial charge is 0.0658 e. The summed E-state index contributed by atoms with van der Waals surface area (Å²) in [5, 5.41) is 0. The second-order valence-corrected chi connectivity index (χ2v) is 5.01. The van der Waals surface area contributed by atoms with E-state index in [1.807, 2.05) is 0 Å². The van der Waals surface area contributed by atoms with E-state index in [1.165, 1.54) is 0 Å². The molecule has 17 heavy (non-hydrogen) atoms. The Morgan fingerprint density at radius 2 is 1.76 bits per heavy atom. The van der Waals surface area contributed by atoms with Crippen LogP contribution in [0.15, 0.2) is 0 Å². The average molecular weight is 245 g/mol. The summed E-state index contributed by atoms with van der Waals surface area (Å²) in [7, 11) is 5.98. The van der Waals surface area contributed by atoms with Crippen LogP contribution in [-0.2, 0) is 4.74 Å². The van der Waals surface area contributed by atoms with Crippen molar-refractivity contribution in [1.82, 2.24) is 9.80 Å². The van der Waals surface area contributed by atoms with Crippen LogP contribution in [0.1, 0.15) is 26.7 Å². The highest BCUT2D eigenvalue weighted by atomic mass is 16.5. The van der Waals surface area contributed by atoms with Crippen molar-refractivity contribution in [2.45, 2.75) is 32.2 Å². The van der Waals surface area contributed by atoms with Crippen molar-refractivity contribution in [3.63, 3.8) is 0 Å². The number of rotatable bonds is 10. The third-order valence-corrected chi connectivity index (χ3v) is 3.43. The highest BCUT2D eigenvalue weighted by molar-refractivity contribution is 4.91. The molecule has 0 aliphatic carbocycles. The van der Waals surface area contributed by atoms with Gasteiger partial charge in [-0.05, 0) is 33.5 Å². The molecule has 0 rings (SSSR count). The van der Waals surface area contributed by atoms with E-state index in [0.717, 1.165) is 32.5 Å². The number of ether oxygens (including phenoxy) is 1. The van der Waals surface area contributed by atoms with Crippen molar-refractivity contribution in [1.29, 1.82) is 0 Å². The van der Waals surface area contributed by atoms with Crippen molar-refractivity contribution < 1.29 is 4.74 Å². The number of hydrogen-bond acceptors (Lipinski definition) is 4. The average Bonchev–Trinajstić information content (AvgIpc) is 2.31. The van der Waals surface area contributed by atoms with Gasteiger partial charge in [0.1, 0.15) is 0 Å². The molecule has 0 aliphatic rings. The van der Waals surface area contributed by atoms with Crippen LogP contribution in [-0.4, -0.2) is 69.3 Å². The number of nitrogens with two attached hydrogens (primary N) is 1. The standard InChI is InChI=1S/C13H31N3O/c1-6-8-16(10-9-15(3)4)13(7-2,11-14)12-17-5/h6-12,14H2,1-5H3. The lowest BCUT2D eigenvalue weighted by Crippen LogP contribution is -2.58. The third kappa shape index (κ3) is 5.34. The zero-order valence-corrected chi connectivity index (χ0v) is 12.3. The molecule has 0 aromatic rings. The molecule has 0 spiro atoms. The Hall–Kier alpha value is -0.160. The van der Waals surface area contributed by atoms with Gasteiger partial charge >= 0.3 is 0 Å². The second kappa shape index (κ2) is 8.86. The lowest BCUT2D eigenvalue weighted by Gasteiger charge is -2.43. The maximum absolute atomic E-state index is 6.01. The van der Waals surface area contributed by atoms with Crippen LogP contribution in [0, 0.1) is 0 Å². The molecule has 104 valence electrons. The van der Waals surface area contributed by atoms with Crippen molar-refractivity contribution in [2.24, 2.45) is 5.73 Å². The summed E-state index contributed by atoms with van der Waals surface area (Å²) in [6.45, 7) is 8.98. The molecule has 0 aliphatic heterocycles. The molecule has 4 heteroatoms. The first-order chi connectivity index (χ1) is 8.06. The van der Waals surface area contributed by atoms with Gasteiger partial charge in [0.2, 0.25) is 0 Å². The van der Waals surface area contributed by atoms with E-state index in [0.29, 0.717) is 13.2 Å². The SMILES string of the molecule is CCCN(CCN(C)C)C(CC)(CN)COC. The molecule has 0 radical (unpaired) electrons. The first-order valence-electron chi connectivity index (χ1n) is 6.65. The van der Waals surface area contributed by atoms with Crippen molar-refractivity contribution >= 4 is 0 Å². The fourth-order valence-corrected chi connectivity index (χ4v) is 2.19. The minimum absolute atomic E-state index is 0.000764. The molecular formula is C13H31N3O. The Balaban J connectivity index is 4.68. The van der Waals surface area contributed by atoms with Gasteiger partial charge in [0.05, 0.1) is 12.1 Å². The van der Waals surface area contributed by atoms with Crippen LogP contribution in [0.4, 0.5) is 0 Å². The molecule has 0 amide bonds. The van der Waals surface area contributed by atoms with Gasteiger partial charge in [-0.15, -0.1) is 0 Å². The van der Waals surface area contributed by atoms with Gasteiger partial charge in [0, 0.05) is 26.7 Å². The maximum Gasteiger partial charge on any atom is 0.0658 e. The Bertz CT molecular complexity index is 182.